The topological polar surface area (TPSA) is 92.8 Å². The van der Waals surface area contributed by atoms with Crippen molar-refractivity contribution in [2.75, 3.05) is 13.2 Å². The molecule has 9 heavy (non-hydrogen) atoms. The van der Waals surface area contributed by atoms with Gasteiger partial charge in [0.15, 0.2) is 0 Å². The maximum absolute atomic E-state index is 9.81. The number of hydrogen-bond donors (Lipinski definition) is 3. The van der Waals surface area contributed by atoms with Crippen molar-refractivity contribution in [2.24, 2.45) is 5.73 Å². The second-order valence-electron chi connectivity index (χ2n) is 1.11. The van der Waals surface area contributed by atoms with Gasteiger partial charge < -0.3 is 15.5 Å². The van der Waals surface area contributed by atoms with Gasteiger partial charge in [-0.15, -0.1) is 0 Å². The van der Waals surface area contributed by atoms with Gasteiger partial charge in [-0.05, 0) is 0 Å². The SMILES string of the molecule is NCCOP(=O)(O)O.[Mn]. The van der Waals surface area contributed by atoms with Crippen molar-refractivity contribution in [2.45, 2.75) is 0 Å². The van der Waals surface area contributed by atoms with Crippen molar-refractivity contribution in [1.29, 1.82) is 0 Å². The summed E-state index contributed by atoms with van der Waals surface area (Å²) in [5, 5.41) is 0. The molecule has 7 heteroatoms. The first-order valence-electron chi connectivity index (χ1n) is 1.96. The van der Waals surface area contributed by atoms with Crippen LogP contribution in [0.3, 0.4) is 0 Å². The van der Waals surface area contributed by atoms with Gasteiger partial charge in [0.05, 0.1) is 6.61 Å². The summed E-state index contributed by atoms with van der Waals surface area (Å²) in [4.78, 5) is 16.0. The summed E-state index contributed by atoms with van der Waals surface area (Å²) in [6.07, 6.45) is 0. The van der Waals surface area contributed by atoms with E-state index in [1.54, 1.807) is 0 Å². The molecule has 0 heterocycles. The normalized spacial score (nSPS) is 10.6. The van der Waals surface area contributed by atoms with Crippen LogP contribution in [-0.4, -0.2) is 22.9 Å². The molecule has 4 N–H and O–H groups in total. The number of rotatable bonds is 3. The Hall–Kier alpha value is 0.589. The molecule has 0 aromatic heterocycles. The van der Waals surface area contributed by atoms with Gasteiger partial charge in [0.2, 0.25) is 0 Å². The molecule has 0 aliphatic carbocycles. The molecule has 0 aromatic rings. The standard InChI is InChI=1S/C2H8NO4P.Mn/c3-1-2-7-8(4,5)6;/h1-3H2,(H2,4,5,6);. The number of phosphoric ester groups is 1. The fourth-order valence-electron chi connectivity index (χ4n) is 0.172. The molecule has 0 spiro atoms. The summed E-state index contributed by atoms with van der Waals surface area (Å²) < 4.78 is 13.7. The van der Waals surface area contributed by atoms with Crippen molar-refractivity contribution in [3.63, 3.8) is 0 Å². The molecule has 0 bridgehead atoms. The van der Waals surface area contributed by atoms with Crippen molar-refractivity contribution < 1.29 is 35.9 Å². The second kappa shape index (κ2) is 5.38. The minimum Gasteiger partial charge on any atom is -0.328 e. The molecule has 57 valence electrons. The van der Waals surface area contributed by atoms with Gasteiger partial charge in [0.1, 0.15) is 0 Å². The molecule has 5 nitrogen and oxygen atoms in total. The van der Waals surface area contributed by atoms with Gasteiger partial charge in [-0.2, -0.15) is 0 Å². The zero-order valence-corrected chi connectivity index (χ0v) is 6.60. The first-order valence-corrected chi connectivity index (χ1v) is 3.49. The van der Waals surface area contributed by atoms with Gasteiger partial charge in [0.25, 0.3) is 0 Å². The maximum atomic E-state index is 9.81. The summed E-state index contributed by atoms with van der Waals surface area (Å²) in [6.45, 7) is 0.00931. The molecule has 0 saturated heterocycles. The average Bonchev–Trinajstić information content (AvgIpc) is 1.59. The first kappa shape index (κ1) is 12.3. The van der Waals surface area contributed by atoms with Crippen LogP contribution in [0.1, 0.15) is 0 Å². The third-order valence-electron chi connectivity index (χ3n) is 0.377. The zero-order valence-electron chi connectivity index (χ0n) is 4.53. The Morgan fingerprint density at radius 1 is 1.56 bits per heavy atom. The van der Waals surface area contributed by atoms with Crippen LogP contribution in [0.5, 0.6) is 0 Å². The van der Waals surface area contributed by atoms with E-state index in [0.29, 0.717) is 0 Å². The number of hydrogen-bond acceptors (Lipinski definition) is 3. The van der Waals surface area contributed by atoms with E-state index in [9.17, 15) is 4.57 Å². The molecular formula is C2H8MnNO4P. The molecule has 0 unspecified atom stereocenters. The zero-order chi connectivity index (χ0) is 6.62. The van der Waals surface area contributed by atoms with Crippen LogP contribution < -0.4 is 5.73 Å². The molecule has 1 radical (unpaired) electrons. The number of phosphoric acid groups is 1. The Kier molecular flexibility index (Phi) is 7.34. The van der Waals surface area contributed by atoms with E-state index in [1.807, 2.05) is 0 Å². The Morgan fingerprint density at radius 2 is 2.00 bits per heavy atom. The van der Waals surface area contributed by atoms with Crippen molar-refractivity contribution in [3.05, 3.63) is 0 Å². The molecule has 0 amide bonds. The molecular weight excluding hydrogens is 188 g/mol. The fourth-order valence-corrected chi connectivity index (χ4v) is 0.515. The van der Waals surface area contributed by atoms with E-state index in [-0.39, 0.29) is 30.2 Å². The van der Waals surface area contributed by atoms with E-state index < -0.39 is 7.82 Å². The van der Waals surface area contributed by atoms with Crippen LogP contribution >= 0.6 is 7.82 Å². The Labute approximate surface area is 63.3 Å². The molecule has 0 saturated carbocycles. The quantitative estimate of drug-likeness (QED) is 0.399. The third-order valence-corrected chi connectivity index (χ3v) is 0.896. The minimum absolute atomic E-state index is 0. The third kappa shape index (κ3) is 11.9. The van der Waals surface area contributed by atoms with E-state index >= 15 is 0 Å². The number of nitrogens with two attached hydrogens (primary N) is 1. The van der Waals surface area contributed by atoms with Gasteiger partial charge in [-0.25, -0.2) is 4.57 Å². The van der Waals surface area contributed by atoms with Crippen LogP contribution in [0.15, 0.2) is 0 Å². The molecule has 0 aliphatic heterocycles. The predicted octanol–water partition coefficient (Wildman–Crippen LogP) is -0.948. The summed E-state index contributed by atoms with van der Waals surface area (Å²) in [5.41, 5.74) is 4.87. The summed E-state index contributed by atoms with van der Waals surface area (Å²) in [7, 11) is -4.26. The van der Waals surface area contributed by atoms with Crippen LogP contribution in [0.2, 0.25) is 0 Å². The van der Waals surface area contributed by atoms with Crippen LogP contribution in [0.25, 0.3) is 0 Å². The molecule has 0 fully saturated rings. The van der Waals surface area contributed by atoms with Gasteiger partial charge in [0, 0.05) is 23.6 Å². The fraction of sp³-hybridized carbons (Fsp3) is 1.00. The Morgan fingerprint density at radius 3 is 2.11 bits per heavy atom. The summed E-state index contributed by atoms with van der Waals surface area (Å²) in [5.74, 6) is 0. The van der Waals surface area contributed by atoms with Crippen molar-refractivity contribution in [3.8, 4) is 0 Å². The van der Waals surface area contributed by atoms with Gasteiger partial charge >= 0.3 is 7.82 Å². The molecule has 0 aromatic carbocycles. The van der Waals surface area contributed by atoms with E-state index in [2.05, 4.69) is 4.52 Å². The predicted molar refractivity (Wildman–Crippen MR) is 27.1 cm³/mol. The Bertz CT molecular complexity index is 103. The average molecular weight is 196 g/mol. The molecule has 0 rings (SSSR count). The van der Waals surface area contributed by atoms with Crippen molar-refractivity contribution in [1.82, 2.24) is 0 Å². The maximum Gasteiger partial charge on any atom is 0.469 e. The summed E-state index contributed by atoms with van der Waals surface area (Å²) >= 11 is 0. The monoisotopic (exact) mass is 196 g/mol. The minimum atomic E-state index is -4.26. The second-order valence-corrected chi connectivity index (χ2v) is 2.35. The van der Waals surface area contributed by atoms with E-state index in [1.165, 1.54) is 0 Å². The van der Waals surface area contributed by atoms with Crippen molar-refractivity contribution >= 4 is 7.82 Å². The molecule has 0 atom stereocenters. The van der Waals surface area contributed by atoms with Gasteiger partial charge in [-0.1, -0.05) is 0 Å². The largest absolute Gasteiger partial charge is 0.469 e. The van der Waals surface area contributed by atoms with Crippen LogP contribution in [-0.2, 0) is 26.2 Å². The summed E-state index contributed by atoms with van der Waals surface area (Å²) in [6, 6.07) is 0. The smallest absolute Gasteiger partial charge is 0.328 e. The van der Waals surface area contributed by atoms with E-state index in [0.717, 1.165) is 0 Å². The first-order chi connectivity index (χ1) is 3.56. The van der Waals surface area contributed by atoms with Crippen LogP contribution in [0.4, 0.5) is 0 Å². The van der Waals surface area contributed by atoms with E-state index in [4.69, 9.17) is 15.5 Å². The Balaban J connectivity index is 0. The van der Waals surface area contributed by atoms with Crippen LogP contribution in [0, 0.1) is 0 Å². The molecule has 0 aliphatic rings. The van der Waals surface area contributed by atoms with Gasteiger partial charge in [-0.3, -0.25) is 4.52 Å².